The second-order valence-corrected chi connectivity index (χ2v) is 11.0. The standard InChI is InChI=1S/C26H23ClF3N9O2/c1-38-18(16-9-39(37-20(16)26(28,29)30)19-5-2-13(31)7-33-19)8-34-21(38)23(41)35-14-3-4-15(17(27)6-14)22(40)36-25-10-24(32,11-25)12-25/h2-9H,10-12,31-32H2,1H3,(H,35,41)(H,36,40). The molecule has 15 heteroatoms. The largest absolute Gasteiger partial charge is 0.435 e. The van der Waals surface area contributed by atoms with Crippen LogP contribution in [0.3, 0.4) is 0 Å². The first-order valence-corrected chi connectivity index (χ1v) is 12.8. The van der Waals surface area contributed by atoms with Crippen LogP contribution in [0.5, 0.6) is 0 Å². The zero-order valence-electron chi connectivity index (χ0n) is 21.5. The third-order valence-electron chi connectivity index (χ3n) is 7.38. The highest BCUT2D eigenvalue weighted by Crippen LogP contribution is 2.58. The van der Waals surface area contributed by atoms with E-state index in [9.17, 15) is 22.8 Å². The number of hydrogen-bond donors (Lipinski definition) is 4. The molecule has 0 aliphatic heterocycles. The molecule has 6 N–H and O–H groups in total. The number of nitrogens with zero attached hydrogens (tertiary/aromatic N) is 5. The van der Waals surface area contributed by atoms with Gasteiger partial charge in [0.15, 0.2) is 17.3 Å². The first-order chi connectivity index (χ1) is 19.3. The number of carbonyl (C=O) groups is 2. The summed E-state index contributed by atoms with van der Waals surface area (Å²) in [5, 5.41) is 9.40. The Morgan fingerprint density at radius 2 is 1.80 bits per heavy atom. The average molecular weight is 586 g/mol. The van der Waals surface area contributed by atoms with Crippen LogP contribution < -0.4 is 22.1 Å². The van der Waals surface area contributed by atoms with Gasteiger partial charge in [-0.2, -0.15) is 18.3 Å². The van der Waals surface area contributed by atoms with Crippen LogP contribution in [0.4, 0.5) is 24.5 Å². The highest BCUT2D eigenvalue weighted by molar-refractivity contribution is 6.34. The monoisotopic (exact) mass is 585 g/mol. The molecule has 2 amide bonds. The number of rotatable bonds is 6. The van der Waals surface area contributed by atoms with Crippen molar-refractivity contribution in [1.82, 2.24) is 29.6 Å². The van der Waals surface area contributed by atoms with E-state index in [1.807, 2.05) is 0 Å². The molecule has 3 aliphatic rings. The van der Waals surface area contributed by atoms with Crippen molar-refractivity contribution in [2.45, 2.75) is 36.5 Å². The van der Waals surface area contributed by atoms with E-state index in [0.29, 0.717) is 5.69 Å². The Morgan fingerprint density at radius 3 is 2.41 bits per heavy atom. The molecule has 3 saturated carbocycles. The number of amides is 2. The SMILES string of the molecule is Cn1c(-c2cn(-c3ccc(N)cn3)nc2C(F)(F)F)cnc1C(=O)Nc1ccc(C(=O)NC23CC(N)(C2)C3)c(Cl)c1. The van der Waals surface area contributed by atoms with Crippen molar-refractivity contribution in [1.29, 1.82) is 0 Å². The lowest BCUT2D eigenvalue weighted by Crippen LogP contribution is -2.82. The second-order valence-electron chi connectivity index (χ2n) is 10.6. The Balaban J connectivity index is 1.22. The van der Waals surface area contributed by atoms with Gasteiger partial charge in [-0.3, -0.25) is 9.59 Å². The maximum absolute atomic E-state index is 13.9. The van der Waals surface area contributed by atoms with Gasteiger partial charge < -0.3 is 26.7 Å². The molecule has 4 aromatic rings. The molecule has 1 aromatic carbocycles. The zero-order chi connectivity index (χ0) is 29.3. The molecule has 3 heterocycles. The van der Waals surface area contributed by atoms with Crippen LogP contribution in [-0.2, 0) is 13.2 Å². The van der Waals surface area contributed by atoms with E-state index in [1.54, 1.807) is 0 Å². The molecule has 0 radical (unpaired) electrons. The van der Waals surface area contributed by atoms with Crippen molar-refractivity contribution >= 4 is 34.8 Å². The number of nitrogens with two attached hydrogens (primary N) is 2. The van der Waals surface area contributed by atoms with E-state index < -0.39 is 17.8 Å². The van der Waals surface area contributed by atoms with E-state index in [2.05, 4.69) is 25.7 Å². The molecular formula is C26H23ClF3N9O2. The second kappa shape index (κ2) is 9.04. The van der Waals surface area contributed by atoms with E-state index in [-0.39, 0.29) is 56.2 Å². The van der Waals surface area contributed by atoms with Gasteiger partial charge in [0.2, 0.25) is 0 Å². The number of hydrogen-bond acceptors (Lipinski definition) is 7. The molecule has 212 valence electrons. The molecule has 3 aromatic heterocycles. The van der Waals surface area contributed by atoms with Gasteiger partial charge in [0.25, 0.3) is 11.8 Å². The van der Waals surface area contributed by atoms with Crippen LogP contribution in [-0.4, -0.2) is 47.2 Å². The zero-order valence-corrected chi connectivity index (χ0v) is 22.2. The first kappa shape index (κ1) is 26.8. The molecule has 3 fully saturated rings. The molecule has 0 spiro atoms. The van der Waals surface area contributed by atoms with Crippen LogP contribution in [0, 0.1) is 0 Å². The minimum absolute atomic E-state index is 0.00193. The van der Waals surface area contributed by atoms with Crippen LogP contribution in [0.15, 0.2) is 48.9 Å². The lowest BCUT2D eigenvalue weighted by Gasteiger charge is -2.68. The van der Waals surface area contributed by atoms with E-state index >= 15 is 0 Å². The van der Waals surface area contributed by atoms with E-state index in [4.69, 9.17) is 23.1 Å². The third-order valence-corrected chi connectivity index (χ3v) is 7.69. The predicted octanol–water partition coefficient (Wildman–Crippen LogP) is 3.54. The van der Waals surface area contributed by atoms with Gasteiger partial charge in [0.05, 0.1) is 39.9 Å². The fourth-order valence-corrected chi connectivity index (χ4v) is 5.83. The smallest absolute Gasteiger partial charge is 0.397 e. The van der Waals surface area contributed by atoms with Crippen LogP contribution in [0.1, 0.15) is 45.9 Å². The number of alkyl halides is 3. The quantitative estimate of drug-likeness (QED) is 0.269. The summed E-state index contributed by atoms with van der Waals surface area (Å²) < 4.78 is 43.9. The summed E-state index contributed by atoms with van der Waals surface area (Å²) >= 11 is 6.34. The van der Waals surface area contributed by atoms with Gasteiger partial charge in [0, 0.05) is 30.0 Å². The first-order valence-electron chi connectivity index (χ1n) is 12.4. The normalized spacial score (nSPS) is 21.1. The molecular weight excluding hydrogens is 563 g/mol. The summed E-state index contributed by atoms with van der Waals surface area (Å²) in [6, 6.07) is 7.31. The van der Waals surface area contributed by atoms with Gasteiger partial charge in [-0.1, -0.05) is 11.6 Å². The number of aromatic nitrogens is 5. The van der Waals surface area contributed by atoms with Crippen molar-refractivity contribution in [2.75, 3.05) is 11.1 Å². The lowest BCUT2D eigenvalue weighted by molar-refractivity contribution is -0.140. The number of nitrogen functional groups attached to an aromatic ring is 1. The molecule has 11 nitrogen and oxygen atoms in total. The fourth-order valence-electron chi connectivity index (χ4n) is 5.56. The van der Waals surface area contributed by atoms with Crippen molar-refractivity contribution in [3.05, 3.63) is 71.0 Å². The number of pyridine rings is 1. The molecule has 3 aliphatic carbocycles. The van der Waals surface area contributed by atoms with Crippen molar-refractivity contribution in [2.24, 2.45) is 12.8 Å². The number of anilines is 2. The van der Waals surface area contributed by atoms with Gasteiger partial charge in [0.1, 0.15) is 0 Å². The highest BCUT2D eigenvalue weighted by atomic mass is 35.5. The molecule has 41 heavy (non-hydrogen) atoms. The Bertz CT molecular complexity index is 1690. The topological polar surface area (TPSA) is 159 Å². The van der Waals surface area contributed by atoms with Gasteiger partial charge in [-0.05, 0) is 49.6 Å². The number of carbonyl (C=O) groups excluding carboxylic acids is 2. The minimum atomic E-state index is -4.80. The van der Waals surface area contributed by atoms with Crippen LogP contribution in [0.25, 0.3) is 17.1 Å². The van der Waals surface area contributed by atoms with Crippen molar-refractivity contribution in [3.8, 4) is 17.1 Å². The maximum Gasteiger partial charge on any atom is 0.435 e. The van der Waals surface area contributed by atoms with Crippen LogP contribution in [0.2, 0.25) is 5.02 Å². The fraction of sp³-hybridized carbons (Fsp3) is 0.269. The van der Waals surface area contributed by atoms with Gasteiger partial charge >= 0.3 is 6.18 Å². The third kappa shape index (κ3) is 4.68. The average Bonchev–Trinajstić information content (AvgIpc) is 3.46. The Kier molecular flexibility index (Phi) is 5.90. The van der Waals surface area contributed by atoms with Gasteiger partial charge in [-0.25, -0.2) is 14.6 Å². The predicted molar refractivity (Wildman–Crippen MR) is 143 cm³/mol. The minimum Gasteiger partial charge on any atom is -0.397 e. The van der Waals surface area contributed by atoms with E-state index in [0.717, 1.165) is 36.3 Å². The summed E-state index contributed by atoms with van der Waals surface area (Å²) in [6.07, 6.45) is 0.999. The molecule has 0 saturated heterocycles. The number of imidazole rings is 1. The number of halogens is 4. The van der Waals surface area contributed by atoms with Crippen molar-refractivity contribution in [3.63, 3.8) is 0 Å². The summed E-state index contributed by atoms with van der Waals surface area (Å²) in [5.41, 5.74) is 10.6. The molecule has 2 bridgehead atoms. The van der Waals surface area contributed by atoms with E-state index in [1.165, 1.54) is 48.1 Å². The summed E-state index contributed by atoms with van der Waals surface area (Å²) in [4.78, 5) is 33.8. The van der Waals surface area contributed by atoms with Gasteiger partial charge in [-0.15, -0.1) is 0 Å². The Hall–Kier alpha value is -4.43. The number of benzene rings is 1. The Morgan fingerprint density at radius 1 is 1.07 bits per heavy atom. The van der Waals surface area contributed by atoms with Crippen LogP contribution >= 0.6 is 11.6 Å². The lowest BCUT2D eigenvalue weighted by atomic mass is 9.44. The van der Waals surface area contributed by atoms with Crippen molar-refractivity contribution < 1.29 is 22.8 Å². The summed E-state index contributed by atoms with van der Waals surface area (Å²) in [7, 11) is 1.41. The highest BCUT2D eigenvalue weighted by Gasteiger charge is 2.66. The molecule has 0 atom stereocenters. The maximum atomic E-state index is 13.9. The molecule has 0 unspecified atom stereocenters. The summed E-state index contributed by atoms with van der Waals surface area (Å²) in [5.74, 6) is -1.07. The number of nitrogens with one attached hydrogen (secondary N) is 2. The molecule has 7 rings (SSSR count). The Labute approximate surface area is 235 Å². The summed E-state index contributed by atoms with van der Waals surface area (Å²) in [6.45, 7) is 0.